The summed E-state index contributed by atoms with van der Waals surface area (Å²) < 4.78 is 0. The highest BCUT2D eigenvalue weighted by molar-refractivity contribution is 5.90. The van der Waals surface area contributed by atoms with Gasteiger partial charge in [-0.25, -0.2) is 4.79 Å². The van der Waals surface area contributed by atoms with Crippen molar-refractivity contribution in [3.8, 4) is 0 Å². The van der Waals surface area contributed by atoms with Gasteiger partial charge in [0.1, 0.15) is 6.10 Å². The van der Waals surface area contributed by atoms with Crippen LogP contribution < -0.4 is 5.73 Å². The summed E-state index contributed by atoms with van der Waals surface area (Å²) in [6, 6.07) is 14.2. The van der Waals surface area contributed by atoms with Gasteiger partial charge in [0.25, 0.3) is 0 Å². The largest absolute Gasteiger partial charge is 0.478 e. The molecule has 5 heteroatoms. The van der Waals surface area contributed by atoms with Crippen LogP contribution in [0.25, 0.3) is 12.2 Å². The van der Waals surface area contributed by atoms with E-state index in [2.05, 4.69) is 0 Å². The minimum atomic E-state index is -1.07. The summed E-state index contributed by atoms with van der Waals surface area (Å²) >= 11 is 0. The van der Waals surface area contributed by atoms with Gasteiger partial charge in [-0.15, -0.1) is 0 Å². The first-order valence-electron chi connectivity index (χ1n) is 7.22. The molecule has 0 aromatic heterocycles. The standard InChI is InChI=1S/C19H17NO4/c20-17(21)8-6-13-10-14(7-9-18(22)23)12-16(11-13)19(24)15-4-2-1-3-5-15/h1-12,19,24H,(H2,20,21)(H,22,23). The molecule has 0 bridgehead atoms. The summed E-state index contributed by atoms with van der Waals surface area (Å²) in [5.74, 6) is -1.66. The van der Waals surface area contributed by atoms with E-state index in [1.54, 1.807) is 30.3 Å². The fraction of sp³-hybridized carbons (Fsp3) is 0.0526. The van der Waals surface area contributed by atoms with Gasteiger partial charge < -0.3 is 15.9 Å². The van der Waals surface area contributed by atoms with Crippen LogP contribution in [0.15, 0.2) is 60.7 Å². The zero-order valence-electron chi connectivity index (χ0n) is 12.8. The van der Waals surface area contributed by atoms with Crippen molar-refractivity contribution in [2.24, 2.45) is 5.73 Å². The average molecular weight is 323 g/mol. The number of aliphatic carboxylic acids is 1. The Bertz CT molecular complexity index is 752. The second-order valence-corrected chi connectivity index (χ2v) is 5.15. The number of nitrogens with two attached hydrogens (primary N) is 1. The summed E-state index contributed by atoms with van der Waals surface area (Å²) in [5.41, 5.74) is 7.61. The summed E-state index contributed by atoms with van der Waals surface area (Å²) in [6.07, 6.45) is 4.28. The van der Waals surface area contributed by atoms with Crippen molar-refractivity contribution < 1.29 is 19.8 Å². The van der Waals surface area contributed by atoms with Crippen molar-refractivity contribution in [3.63, 3.8) is 0 Å². The van der Waals surface area contributed by atoms with Crippen LogP contribution in [0.4, 0.5) is 0 Å². The third kappa shape index (κ3) is 4.93. The molecule has 0 radical (unpaired) electrons. The maximum atomic E-state index is 10.9. The molecule has 122 valence electrons. The number of hydrogen-bond donors (Lipinski definition) is 3. The van der Waals surface area contributed by atoms with Crippen molar-refractivity contribution in [2.45, 2.75) is 6.10 Å². The molecule has 24 heavy (non-hydrogen) atoms. The number of rotatable bonds is 6. The number of carboxylic acids is 1. The van der Waals surface area contributed by atoms with E-state index in [4.69, 9.17) is 10.8 Å². The fourth-order valence-corrected chi connectivity index (χ4v) is 2.23. The number of carbonyl (C=O) groups excluding carboxylic acids is 1. The maximum absolute atomic E-state index is 10.9. The lowest BCUT2D eigenvalue weighted by molar-refractivity contribution is -0.131. The highest BCUT2D eigenvalue weighted by atomic mass is 16.4. The Morgan fingerprint density at radius 2 is 1.50 bits per heavy atom. The highest BCUT2D eigenvalue weighted by Gasteiger charge is 2.11. The zero-order valence-corrected chi connectivity index (χ0v) is 12.8. The van der Waals surface area contributed by atoms with Gasteiger partial charge >= 0.3 is 5.97 Å². The molecule has 1 unspecified atom stereocenters. The summed E-state index contributed by atoms with van der Waals surface area (Å²) in [5, 5.41) is 19.3. The molecule has 0 spiro atoms. The van der Waals surface area contributed by atoms with Crippen LogP contribution in [0.1, 0.15) is 28.4 Å². The van der Waals surface area contributed by atoms with Crippen molar-refractivity contribution >= 4 is 24.0 Å². The molecule has 2 aromatic carbocycles. The molecule has 0 saturated carbocycles. The Morgan fingerprint density at radius 3 is 2.04 bits per heavy atom. The lowest BCUT2D eigenvalue weighted by atomic mass is 9.97. The number of aliphatic hydroxyl groups is 1. The van der Waals surface area contributed by atoms with Gasteiger partial charge in [0.2, 0.25) is 5.91 Å². The Labute approximate surface area is 139 Å². The third-order valence-electron chi connectivity index (χ3n) is 3.29. The quantitative estimate of drug-likeness (QED) is 0.710. The van der Waals surface area contributed by atoms with E-state index in [-0.39, 0.29) is 0 Å². The fourth-order valence-electron chi connectivity index (χ4n) is 2.23. The van der Waals surface area contributed by atoms with E-state index in [1.165, 1.54) is 18.2 Å². The Balaban J connectivity index is 2.45. The topological polar surface area (TPSA) is 101 Å². The SMILES string of the molecule is NC(=O)C=Cc1cc(C=CC(=O)O)cc(C(O)c2ccccc2)c1. The van der Waals surface area contributed by atoms with Crippen LogP contribution in [-0.4, -0.2) is 22.1 Å². The molecule has 2 rings (SSSR count). The Morgan fingerprint density at radius 1 is 0.917 bits per heavy atom. The van der Waals surface area contributed by atoms with Gasteiger partial charge in [-0.05, 0) is 52.6 Å². The molecule has 1 atom stereocenters. The summed E-state index contributed by atoms with van der Waals surface area (Å²) in [7, 11) is 0. The monoisotopic (exact) mass is 323 g/mol. The Kier molecular flexibility index (Phi) is 5.65. The minimum Gasteiger partial charge on any atom is -0.478 e. The van der Waals surface area contributed by atoms with Crippen LogP contribution >= 0.6 is 0 Å². The van der Waals surface area contributed by atoms with Gasteiger partial charge in [-0.3, -0.25) is 4.79 Å². The first-order chi connectivity index (χ1) is 11.5. The first kappa shape index (κ1) is 17.2. The highest BCUT2D eigenvalue weighted by Crippen LogP contribution is 2.25. The predicted molar refractivity (Wildman–Crippen MR) is 91.8 cm³/mol. The number of primary amides is 1. The number of carbonyl (C=O) groups is 2. The first-order valence-corrected chi connectivity index (χ1v) is 7.22. The molecular weight excluding hydrogens is 306 g/mol. The molecule has 0 heterocycles. The van der Waals surface area contributed by atoms with E-state index < -0.39 is 18.0 Å². The van der Waals surface area contributed by atoms with Crippen LogP contribution in [0.3, 0.4) is 0 Å². The molecule has 1 amide bonds. The van der Waals surface area contributed by atoms with E-state index >= 15 is 0 Å². The van der Waals surface area contributed by atoms with Crippen molar-refractivity contribution in [1.82, 2.24) is 0 Å². The smallest absolute Gasteiger partial charge is 0.328 e. The summed E-state index contributed by atoms with van der Waals surface area (Å²) in [4.78, 5) is 21.6. The van der Waals surface area contributed by atoms with E-state index in [1.807, 2.05) is 18.2 Å². The molecule has 0 fully saturated rings. The average Bonchev–Trinajstić information content (AvgIpc) is 2.58. The number of benzene rings is 2. The number of carboxylic acid groups (broad SMARTS) is 1. The van der Waals surface area contributed by atoms with Crippen LogP contribution in [-0.2, 0) is 9.59 Å². The van der Waals surface area contributed by atoms with Crippen molar-refractivity contribution in [3.05, 3.63) is 82.9 Å². The zero-order chi connectivity index (χ0) is 17.5. The summed E-state index contributed by atoms with van der Waals surface area (Å²) in [6.45, 7) is 0. The lowest BCUT2D eigenvalue weighted by Gasteiger charge is -2.13. The van der Waals surface area contributed by atoms with Gasteiger partial charge in [-0.1, -0.05) is 30.3 Å². The molecule has 0 aliphatic carbocycles. The Hall–Kier alpha value is -3.18. The molecule has 5 nitrogen and oxygen atoms in total. The molecule has 0 aliphatic rings. The van der Waals surface area contributed by atoms with Gasteiger partial charge in [0.05, 0.1) is 0 Å². The van der Waals surface area contributed by atoms with E-state index in [0.29, 0.717) is 22.3 Å². The van der Waals surface area contributed by atoms with Gasteiger partial charge in [0, 0.05) is 12.2 Å². The second-order valence-electron chi connectivity index (χ2n) is 5.15. The number of amides is 1. The lowest BCUT2D eigenvalue weighted by Crippen LogP contribution is -2.05. The van der Waals surface area contributed by atoms with Crippen molar-refractivity contribution in [1.29, 1.82) is 0 Å². The number of aliphatic hydroxyl groups excluding tert-OH is 1. The second kappa shape index (κ2) is 7.89. The van der Waals surface area contributed by atoms with Crippen LogP contribution in [0, 0.1) is 0 Å². The molecule has 4 N–H and O–H groups in total. The molecule has 2 aromatic rings. The molecule has 0 aliphatic heterocycles. The number of hydrogen-bond acceptors (Lipinski definition) is 3. The molecular formula is C19H17NO4. The van der Waals surface area contributed by atoms with Crippen LogP contribution in [0.5, 0.6) is 0 Å². The van der Waals surface area contributed by atoms with Gasteiger partial charge in [-0.2, -0.15) is 0 Å². The normalized spacial score (nSPS) is 12.5. The minimum absolute atomic E-state index is 0.581. The predicted octanol–water partition coefficient (Wildman–Crippen LogP) is 2.36. The van der Waals surface area contributed by atoms with E-state index in [9.17, 15) is 14.7 Å². The maximum Gasteiger partial charge on any atom is 0.328 e. The van der Waals surface area contributed by atoms with Gasteiger partial charge in [0.15, 0.2) is 0 Å². The third-order valence-corrected chi connectivity index (χ3v) is 3.29. The van der Waals surface area contributed by atoms with Crippen LogP contribution in [0.2, 0.25) is 0 Å². The van der Waals surface area contributed by atoms with E-state index in [0.717, 1.165) is 6.08 Å². The molecule has 0 saturated heterocycles. The van der Waals surface area contributed by atoms with Crippen molar-refractivity contribution in [2.75, 3.05) is 0 Å².